The second-order valence-electron chi connectivity index (χ2n) is 38.8. The summed E-state index contributed by atoms with van der Waals surface area (Å²) in [6.45, 7) is 73.3. The van der Waals surface area contributed by atoms with Crippen molar-refractivity contribution in [1.29, 1.82) is 0 Å². The van der Waals surface area contributed by atoms with Crippen LogP contribution in [-0.4, -0.2) is 24.2 Å². The smallest absolute Gasteiger partial charge is 0.200 e. The third-order valence-electron chi connectivity index (χ3n) is 20.2. The highest BCUT2D eigenvalue weighted by Crippen LogP contribution is 2.41. The molecular formula is C89H130N3Si3+3. The van der Waals surface area contributed by atoms with Gasteiger partial charge in [0.2, 0.25) is 17.1 Å². The van der Waals surface area contributed by atoms with Gasteiger partial charge in [-0.2, -0.15) is 0 Å². The van der Waals surface area contributed by atoms with Crippen LogP contribution in [0.1, 0.15) is 190 Å². The van der Waals surface area contributed by atoms with Crippen molar-refractivity contribution in [2.24, 2.45) is 37.4 Å². The largest absolute Gasteiger partial charge is 0.220 e. The number of hydrogen-bond donors (Lipinski definition) is 0. The van der Waals surface area contributed by atoms with Crippen LogP contribution in [0.3, 0.4) is 0 Å². The summed E-state index contributed by atoms with van der Waals surface area (Å²) >= 11 is 0. The van der Waals surface area contributed by atoms with E-state index in [9.17, 15) is 0 Å². The zero-order valence-electron chi connectivity index (χ0n) is 66.7. The number of hydrogen-bond acceptors (Lipinski definition) is 0. The van der Waals surface area contributed by atoms with Gasteiger partial charge in [-0.05, 0) is 181 Å². The van der Waals surface area contributed by atoms with Crippen LogP contribution in [0.15, 0.2) is 134 Å². The second kappa shape index (κ2) is 27.1. The van der Waals surface area contributed by atoms with E-state index in [-0.39, 0.29) is 21.7 Å². The minimum atomic E-state index is -1.53. The number of rotatable bonds is 9. The van der Waals surface area contributed by atoms with Gasteiger partial charge in [-0.1, -0.05) is 261 Å². The first-order chi connectivity index (χ1) is 43.1. The molecule has 0 aliphatic heterocycles. The Morgan fingerprint density at radius 1 is 0.295 bits per heavy atom. The molecule has 0 fully saturated rings. The maximum absolute atomic E-state index is 2.52. The first-order valence-electron chi connectivity index (χ1n) is 35.8. The molecule has 0 spiro atoms. The Morgan fingerprint density at radius 2 is 0.600 bits per heavy atom. The Morgan fingerprint density at radius 3 is 0.916 bits per heavy atom. The van der Waals surface area contributed by atoms with E-state index in [4.69, 9.17) is 0 Å². The summed E-state index contributed by atoms with van der Waals surface area (Å²) in [6.07, 6.45) is 6.71. The van der Waals surface area contributed by atoms with Gasteiger partial charge in [-0.3, -0.25) is 0 Å². The summed E-state index contributed by atoms with van der Waals surface area (Å²) in [4.78, 5) is 0. The van der Waals surface area contributed by atoms with Crippen molar-refractivity contribution in [2.75, 3.05) is 0 Å². The molecule has 6 heteroatoms. The maximum atomic E-state index is 2.52. The van der Waals surface area contributed by atoms with E-state index in [0.717, 1.165) is 0 Å². The van der Waals surface area contributed by atoms with Crippen molar-refractivity contribution >= 4 is 72.1 Å². The summed E-state index contributed by atoms with van der Waals surface area (Å²) in [5.74, 6) is 0. The van der Waals surface area contributed by atoms with E-state index in [1.807, 2.05) is 0 Å². The van der Waals surface area contributed by atoms with E-state index in [1.54, 1.807) is 15.6 Å². The average Bonchev–Trinajstić information content (AvgIpc) is 0.765. The van der Waals surface area contributed by atoms with Crippen LogP contribution < -0.4 is 29.3 Å². The molecule has 3 aromatic heterocycles. The van der Waals surface area contributed by atoms with E-state index in [0.29, 0.717) is 16.2 Å². The number of nitrogens with zero attached hydrogens (tertiary/aromatic N) is 3. The molecule has 95 heavy (non-hydrogen) atoms. The maximum Gasteiger partial charge on any atom is 0.220 e. The molecule has 0 saturated carbocycles. The average molecular weight is 1330 g/mol. The third kappa shape index (κ3) is 18.3. The fourth-order valence-electron chi connectivity index (χ4n) is 15.7. The summed E-state index contributed by atoms with van der Waals surface area (Å²) in [5, 5.41) is 12.8. The lowest BCUT2D eigenvalue weighted by Gasteiger charge is -2.31. The fourth-order valence-corrected chi connectivity index (χ4v) is 27.5. The van der Waals surface area contributed by atoms with E-state index < -0.39 is 24.2 Å². The molecule has 510 valence electrons. The highest BCUT2D eigenvalue weighted by molar-refractivity contribution is 6.91. The topological polar surface area (TPSA) is 11.6 Å². The monoisotopic (exact) mass is 1320 g/mol. The molecule has 9 rings (SSSR count). The lowest BCUT2D eigenvalue weighted by Crippen LogP contribution is -2.44. The molecule has 0 amide bonds. The molecule has 3 nitrogen and oxygen atoms in total. The number of benzene rings is 6. The van der Waals surface area contributed by atoms with Gasteiger partial charge in [-0.25, -0.2) is 13.7 Å². The molecule has 6 aromatic carbocycles. The van der Waals surface area contributed by atoms with E-state index in [1.165, 1.54) is 129 Å². The molecule has 0 saturated heterocycles. The van der Waals surface area contributed by atoms with Crippen LogP contribution in [0.5, 0.6) is 0 Å². The quantitative estimate of drug-likeness (QED) is 0.101. The minimum absolute atomic E-state index is 0.0962. The number of aryl methyl sites for hydroxylation is 5. The lowest BCUT2D eigenvalue weighted by atomic mass is 9.76. The third-order valence-corrected chi connectivity index (χ3v) is 31.6. The molecule has 0 aliphatic rings. The number of pyridine rings is 3. The van der Waals surface area contributed by atoms with Gasteiger partial charge in [-0.15, -0.1) is 0 Å². The summed E-state index contributed by atoms with van der Waals surface area (Å²) < 4.78 is 6.91. The van der Waals surface area contributed by atoms with Crippen LogP contribution in [-0.2, 0) is 42.8 Å². The zero-order chi connectivity index (χ0) is 71.7. The molecule has 9 aromatic rings. The van der Waals surface area contributed by atoms with Crippen LogP contribution in [0, 0.1) is 43.9 Å². The second-order valence-corrected chi connectivity index (χ2v) is 52.9. The first-order valence-corrected chi connectivity index (χ1v) is 45.4. The molecule has 0 bridgehead atoms. The highest BCUT2D eigenvalue weighted by atomic mass is 28.3. The van der Waals surface area contributed by atoms with Gasteiger partial charge >= 0.3 is 0 Å². The van der Waals surface area contributed by atoms with Gasteiger partial charge < -0.3 is 0 Å². The van der Waals surface area contributed by atoms with Crippen molar-refractivity contribution in [3.8, 4) is 33.8 Å². The Hall–Kier alpha value is -5.80. The van der Waals surface area contributed by atoms with Gasteiger partial charge in [0.1, 0.15) is 21.1 Å². The van der Waals surface area contributed by atoms with Crippen molar-refractivity contribution in [3.05, 3.63) is 178 Å². The predicted molar refractivity (Wildman–Crippen MR) is 430 cm³/mol. The van der Waals surface area contributed by atoms with Gasteiger partial charge in [0.05, 0.1) is 51.5 Å². The Kier molecular flexibility index (Phi) is 21.9. The molecule has 0 radical (unpaired) electrons. The number of aromatic nitrogens is 3. The normalized spacial score (nSPS) is 13.3. The Bertz CT molecular complexity index is 4290. The van der Waals surface area contributed by atoms with Gasteiger partial charge in [0.15, 0.2) is 18.6 Å². The molecule has 0 atom stereocenters. The van der Waals surface area contributed by atoms with Crippen LogP contribution in [0.25, 0.3) is 66.1 Å². The van der Waals surface area contributed by atoms with E-state index in [2.05, 4.69) is 381 Å². The summed E-state index contributed by atoms with van der Waals surface area (Å²) in [5.41, 5.74) is 20.7. The fraction of sp³-hybridized carbons (Fsp3) is 0.494. The lowest BCUT2D eigenvalue weighted by molar-refractivity contribution is -0.659. The molecule has 0 aliphatic carbocycles. The Labute approximate surface area is 583 Å². The molecular weight excluding hydrogens is 1200 g/mol. The molecule has 0 unspecified atom stereocenters. The molecule has 3 heterocycles. The van der Waals surface area contributed by atoms with Gasteiger partial charge in [0, 0.05) is 23.8 Å². The summed E-state index contributed by atoms with van der Waals surface area (Å²) in [6, 6.07) is 49.3. The first kappa shape index (κ1) is 76.6. The van der Waals surface area contributed by atoms with Gasteiger partial charge in [0.25, 0.3) is 0 Å². The minimum Gasteiger partial charge on any atom is -0.200 e. The predicted octanol–water partition coefficient (Wildman–Crippen LogP) is 22.3. The van der Waals surface area contributed by atoms with Crippen molar-refractivity contribution in [3.63, 3.8) is 0 Å². The standard InChI is InChI=1S/C32H48NSi.C29H42NSi.C28H40NSi/c1-22-27(19-24(31(5,6)7)20-28(22)32(8,9)10)29-26-15-14-25(18-23(26)16-17-33(29)11)34(12,13)21-30(2,3)4;1-20-16-23(29(6,7)8)18-26(21(20)2)27-25-13-12-24(17-22(25)14-15-30(27)9)31(10,11)19-28(3,4)5;1-20-11-12-22(28(5,6)7)18-25(20)26-24-14-13-23(17-21(24)15-16-29(26)8)30(9,10)19-27(2,3)4/h14-20H,21H2,1-13H3;12-18H,19H2,1-11H3;11-18H,19H2,1-10H3/q3*+1. The van der Waals surface area contributed by atoms with Crippen LogP contribution in [0.2, 0.25) is 57.4 Å². The van der Waals surface area contributed by atoms with Crippen LogP contribution in [0.4, 0.5) is 0 Å². The zero-order valence-corrected chi connectivity index (χ0v) is 69.7. The van der Waals surface area contributed by atoms with Crippen molar-refractivity contribution < 1.29 is 13.7 Å². The van der Waals surface area contributed by atoms with Crippen LogP contribution >= 0.6 is 0 Å². The van der Waals surface area contributed by atoms with Crippen molar-refractivity contribution in [2.45, 2.75) is 252 Å². The highest BCUT2D eigenvalue weighted by Gasteiger charge is 2.35. The Balaban J connectivity index is 0.000000202. The SMILES string of the molecule is Cc1c(-c2c3ccc([Si](C)(C)CC(C)(C)C)cc3cc[n+]2C)cc(C(C)(C)C)cc1C(C)(C)C.Cc1cc(C(C)(C)C)cc(-c2c3ccc([Si](C)(C)CC(C)(C)C)cc3cc[n+]2C)c1C.Cc1ccc(C(C)(C)C)cc1-c1c2ccc([Si](C)(C)CC(C)(C)C)cc2cc[n+]1C. The van der Waals surface area contributed by atoms with Crippen molar-refractivity contribution in [1.82, 2.24) is 0 Å². The molecule has 0 N–H and O–H groups in total. The number of fused-ring (bicyclic) bond motifs is 3. The van der Waals surface area contributed by atoms with E-state index >= 15 is 0 Å². The summed E-state index contributed by atoms with van der Waals surface area (Å²) in [7, 11) is 2.02.